The Morgan fingerprint density at radius 3 is 2.39 bits per heavy atom. The fourth-order valence-electron chi connectivity index (χ4n) is 1.21. The Hall–Kier alpha value is -0.964. The summed E-state index contributed by atoms with van der Waals surface area (Å²) in [6.07, 6.45) is 3.55. The molecule has 4 heteroatoms. The van der Waals surface area contributed by atoms with E-state index in [1.165, 1.54) is 4.46 Å². The molecule has 1 aromatic carbocycles. The number of methoxy groups -OCH3 is 1. The third-order valence-corrected chi connectivity index (χ3v) is 4.57. The first-order valence-corrected chi connectivity index (χ1v) is 11.1. The van der Waals surface area contributed by atoms with Crippen LogP contribution in [0.2, 0.25) is 19.6 Å². The van der Waals surface area contributed by atoms with Crippen LogP contribution in [0.4, 0.5) is 0 Å². The van der Waals surface area contributed by atoms with E-state index >= 15 is 0 Å². The Morgan fingerprint density at radius 2 is 1.83 bits per heavy atom. The number of rotatable bonds is 6. The zero-order chi connectivity index (χ0) is 13.4. The second-order valence-corrected chi connectivity index (χ2v) is 11.1. The molecule has 2 nitrogen and oxygen atoms in total. The molecule has 0 N–H and O–H groups in total. The van der Waals surface area contributed by atoms with Crippen LogP contribution >= 0.6 is 0 Å². The predicted octanol–water partition coefficient (Wildman–Crippen LogP) is 2.87. The first-order valence-electron chi connectivity index (χ1n) is 5.81. The van der Waals surface area contributed by atoms with Crippen molar-refractivity contribution in [1.82, 2.24) is 0 Å². The summed E-state index contributed by atoms with van der Waals surface area (Å²) in [6, 6.07) is 10.4. The average Bonchev–Trinajstić information content (AvgIpc) is 2.32. The summed E-state index contributed by atoms with van der Waals surface area (Å²) in [6.45, 7) is 6.53. The fraction of sp³-hybridized carbons (Fsp3) is 0.286. The van der Waals surface area contributed by atoms with E-state index in [4.69, 9.17) is 9.16 Å². The summed E-state index contributed by atoms with van der Waals surface area (Å²) in [7, 11) is 0.0703. The van der Waals surface area contributed by atoms with E-state index in [1.807, 2.05) is 12.1 Å². The van der Waals surface area contributed by atoms with Gasteiger partial charge in [-0.15, -0.1) is 0 Å². The molecule has 0 radical (unpaired) electrons. The van der Waals surface area contributed by atoms with Gasteiger partial charge in [-0.3, -0.25) is 0 Å². The minimum absolute atomic E-state index is 0.286. The molecular weight excluding hydrogens is 307 g/mol. The van der Waals surface area contributed by atoms with Crippen molar-refractivity contribution in [2.75, 3.05) is 7.11 Å². The molecule has 0 amide bonds. The maximum atomic E-state index is 6.01. The topological polar surface area (TPSA) is 18.5 Å². The molecule has 0 aliphatic rings. The molecule has 0 aliphatic heterocycles. The molecule has 0 saturated carbocycles. The van der Waals surface area contributed by atoms with Crippen LogP contribution in [0.15, 0.2) is 53.4 Å². The van der Waals surface area contributed by atoms with Crippen molar-refractivity contribution in [1.29, 1.82) is 0 Å². The third-order valence-electron chi connectivity index (χ3n) is 1.85. The van der Waals surface area contributed by atoms with Crippen molar-refractivity contribution in [2.45, 2.75) is 19.6 Å². The van der Waals surface area contributed by atoms with E-state index < -0.39 is 8.32 Å². The van der Waals surface area contributed by atoms with Crippen molar-refractivity contribution >= 4 is 27.7 Å². The molecule has 0 saturated heterocycles. The Balaban J connectivity index is 2.73. The Labute approximate surface area is 117 Å². The zero-order valence-electron chi connectivity index (χ0n) is 11.3. The second kappa shape index (κ2) is 7.47. The van der Waals surface area contributed by atoms with E-state index in [9.17, 15) is 0 Å². The Bertz CT molecular complexity index is 408. The first kappa shape index (κ1) is 15.1. The van der Waals surface area contributed by atoms with Gasteiger partial charge in [-0.05, 0) is 0 Å². The second-order valence-electron chi connectivity index (χ2n) is 4.70. The minimum atomic E-state index is -1.57. The molecular formula is C14H20O2SeSi. The first-order chi connectivity index (χ1) is 8.51. The number of allylic oxidation sites excluding steroid dienone is 1. The summed E-state index contributed by atoms with van der Waals surface area (Å²) in [5, 5.41) is 0. The average molecular weight is 327 g/mol. The monoisotopic (exact) mass is 328 g/mol. The Kier molecular flexibility index (Phi) is 6.26. The number of hydrogen-bond donors (Lipinski definition) is 0. The van der Waals surface area contributed by atoms with Gasteiger partial charge < -0.3 is 0 Å². The van der Waals surface area contributed by atoms with Gasteiger partial charge in [0.25, 0.3) is 0 Å². The summed E-state index contributed by atoms with van der Waals surface area (Å²) in [4.78, 5) is 2.16. The van der Waals surface area contributed by atoms with Crippen LogP contribution < -0.4 is 4.46 Å². The molecule has 98 valence electrons. The molecule has 0 spiro atoms. The van der Waals surface area contributed by atoms with E-state index in [-0.39, 0.29) is 15.0 Å². The normalized spacial score (nSPS) is 12.8. The van der Waals surface area contributed by atoms with Crippen molar-refractivity contribution in [3.8, 4) is 0 Å². The fourth-order valence-corrected chi connectivity index (χ4v) is 3.69. The number of ether oxygens (including phenoxy) is 1. The quantitative estimate of drug-likeness (QED) is 0.454. The van der Waals surface area contributed by atoms with Gasteiger partial charge in [-0.1, -0.05) is 0 Å². The van der Waals surface area contributed by atoms with Crippen LogP contribution in [0, 0.1) is 0 Å². The summed E-state index contributed by atoms with van der Waals surface area (Å²) in [5.41, 5.74) is 0. The van der Waals surface area contributed by atoms with Gasteiger partial charge in [0.1, 0.15) is 0 Å². The molecule has 0 atom stereocenters. The summed E-state index contributed by atoms with van der Waals surface area (Å²) >= 11 is 0.286. The predicted molar refractivity (Wildman–Crippen MR) is 80.5 cm³/mol. The molecule has 0 aliphatic carbocycles. The van der Waals surface area contributed by atoms with Crippen molar-refractivity contribution < 1.29 is 9.16 Å². The van der Waals surface area contributed by atoms with Crippen LogP contribution in [0.25, 0.3) is 0 Å². The maximum absolute atomic E-state index is 6.01. The molecule has 1 rings (SSSR count). The third kappa shape index (κ3) is 6.69. The molecule has 0 unspecified atom stereocenters. The zero-order valence-corrected chi connectivity index (χ0v) is 14.1. The van der Waals surface area contributed by atoms with Crippen molar-refractivity contribution in [2.24, 2.45) is 0 Å². The molecule has 0 heterocycles. The van der Waals surface area contributed by atoms with Crippen LogP contribution in [0.1, 0.15) is 0 Å². The van der Waals surface area contributed by atoms with Crippen molar-refractivity contribution in [3.63, 3.8) is 0 Å². The summed E-state index contributed by atoms with van der Waals surface area (Å²) < 4.78 is 12.3. The molecule has 0 bridgehead atoms. The van der Waals surface area contributed by atoms with Crippen LogP contribution in [0.3, 0.4) is 0 Å². The van der Waals surface area contributed by atoms with Crippen LogP contribution in [-0.2, 0) is 9.16 Å². The number of benzene rings is 1. The summed E-state index contributed by atoms with van der Waals surface area (Å²) in [5.74, 6) is 0.917. The van der Waals surface area contributed by atoms with Gasteiger partial charge in [-0.2, -0.15) is 0 Å². The van der Waals surface area contributed by atoms with Crippen LogP contribution in [-0.4, -0.2) is 30.4 Å². The molecule has 0 aromatic heterocycles. The van der Waals surface area contributed by atoms with Crippen molar-refractivity contribution in [3.05, 3.63) is 53.4 Å². The van der Waals surface area contributed by atoms with Gasteiger partial charge in [0.2, 0.25) is 0 Å². The SMILES string of the molecule is CO/C=C/C(=C/[Se]c1ccccc1)O[Si](C)(C)C. The standard InChI is InChI=1S/C14H20O2SeSi/c1-15-11-10-13(16-18(2,3)4)12-17-14-8-6-5-7-9-14/h5-12H,1-4H3/b11-10+,13-12-. The van der Waals surface area contributed by atoms with Gasteiger partial charge in [0, 0.05) is 0 Å². The van der Waals surface area contributed by atoms with Crippen LogP contribution in [0.5, 0.6) is 0 Å². The van der Waals surface area contributed by atoms with E-state index in [0.717, 1.165) is 5.76 Å². The molecule has 18 heavy (non-hydrogen) atoms. The Morgan fingerprint density at radius 1 is 1.17 bits per heavy atom. The molecule has 0 fully saturated rings. The van der Waals surface area contributed by atoms with Gasteiger partial charge in [0.05, 0.1) is 0 Å². The van der Waals surface area contributed by atoms with E-state index in [1.54, 1.807) is 13.4 Å². The van der Waals surface area contributed by atoms with E-state index in [2.05, 4.69) is 48.9 Å². The van der Waals surface area contributed by atoms with Gasteiger partial charge >= 0.3 is 117 Å². The van der Waals surface area contributed by atoms with Gasteiger partial charge in [0.15, 0.2) is 0 Å². The molecule has 1 aromatic rings. The van der Waals surface area contributed by atoms with Gasteiger partial charge in [-0.25, -0.2) is 0 Å². The van der Waals surface area contributed by atoms with E-state index in [0.29, 0.717) is 0 Å². The number of hydrogen-bond acceptors (Lipinski definition) is 2.